The first-order valence-corrected chi connectivity index (χ1v) is 8.49. The summed E-state index contributed by atoms with van der Waals surface area (Å²) in [4.78, 5) is 11.4. The summed E-state index contributed by atoms with van der Waals surface area (Å²) in [6, 6.07) is 3.64. The molecule has 0 aromatic heterocycles. The average Bonchev–Trinajstić information content (AvgIpc) is 2.97. The van der Waals surface area contributed by atoms with Gasteiger partial charge >= 0.3 is 6.36 Å². The van der Waals surface area contributed by atoms with Crippen molar-refractivity contribution in [2.75, 3.05) is 19.6 Å². The number of benzene rings is 1. The van der Waals surface area contributed by atoms with Gasteiger partial charge in [0.25, 0.3) is 0 Å². The van der Waals surface area contributed by atoms with Gasteiger partial charge in [-0.1, -0.05) is 0 Å². The fourth-order valence-corrected chi connectivity index (χ4v) is 3.10. The Morgan fingerprint density at radius 3 is 2.44 bits per heavy atom. The molecule has 12 heteroatoms. The number of hydrogen-bond donors (Lipinski definition) is 3. The highest BCUT2D eigenvalue weighted by Crippen LogP contribution is 2.23. The third kappa shape index (κ3) is 7.06. The molecule has 1 aromatic carbocycles. The van der Waals surface area contributed by atoms with E-state index in [1.54, 1.807) is 0 Å². The van der Waals surface area contributed by atoms with E-state index in [0.717, 1.165) is 37.2 Å². The summed E-state index contributed by atoms with van der Waals surface area (Å²) in [5.74, 6) is -1.02. The zero-order valence-electron chi connectivity index (χ0n) is 12.8. The molecule has 1 aliphatic rings. The van der Waals surface area contributed by atoms with Crippen LogP contribution in [-0.2, 0) is 14.8 Å². The van der Waals surface area contributed by atoms with Gasteiger partial charge in [-0.3, -0.25) is 4.79 Å². The number of nitrogens with one attached hydrogen (secondary N) is 3. The number of carbonyl (C=O) groups excluding carboxylic acids is 1. The highest BCUT2D eigenvalue weighted by molar-refractivity contribution is 7.89. The highest BCUT2D eigenvalue weighted by atomic mass is 35.5. The van der Waals surface area contributed by atoms with E-state index in [1.165, 1.54) is 0 Å². The molecule has 25 heavy (non-hydrogen) atoms. The van der Waals surface area contributed by atoms with E-state index in [2.05, 4.69) is 20.1 Å². The number of halogens is 4. The fraction of sp³-hybridized carbons (Fsp3) is 0.462. The quantitative estimate of drug-likeness (QED) is 0.651. The van der Waals surface area contributed by atoms with E-state index in [0.29, 0.717) is 6.54 Å². The van der Waals surface area contributed by atoms with Crippen molar-refractivity contribution in [1.29, 1.82) is 0 Å². The van der Waals surface area contributed by atoms with Crippen LogP contribution < -0.4 is 20.1 Å². The summed E-state index contributed by atoms with van der Waals surface area (Å²) in [6.07, 6.45) is -4.09. The first kappa shape index (κ1) is 21.5. The minimum atomic E-state index is -4.86. The topological polar surface area (TPSA) is 96.5 Å². The van der Waals surface area contributed by atoms with Crippen LogP contribution in [-0.4, -0.2) is 46.4 Å². The summed E-state index contributed by atoms with van der Waals surface area (Å²) in [7, 11) is -4.01. The van der Waals surface area contributed by atoms with Crippen LogP contribution in [0.1, 0.15) is 6.42 Å². The first-order chi connectivity index (χ1) is 11.2. The molecule has 142 valence electrons. The van der Waals surface area contributed by atoms with E-state index >= 15 is 0 Å². The van der Waals surface area contributed by atoms with Crippen molar-refractivity contribution in [1.82, 2.24) is 15.4 Å². The Bertz CT molecular complexity index is 677. The van der Waals surface area contributed by atoms with Gasteiger partial charge in [-0.15, -0.1) is 25.6 Å². The third-order valence-corrected chi connectivity index (χ3v) is 4.63. The predicted molar refractivity (Wildman–Crippen MR) is 85.0 cm³/mol. The largest absolute Gasteiger partial charge is 0.573 e. The monoisotopic (exact) mass is 403 g/mol. The Balaban J connectivity index is 0.00000312. The van der Waals surface area contributed by atoms with Crippen molar-refractivity contribution >= 4 is 28.3 Å². The number of amides is 1. The van der Waals surface area contributed by atoms with Crippen molar-refractivity contribution in [3.05, 3.63) is 24.3 Å². The molecule has 0 spiro atoms. The molecule has 1 amide bonds. The second-order valence-corrected chi connectivity index (χ2v) is 6.87. The normalized spacial score (nSPS) is 17.6. The van der Waals surface area contributed by atoms with Crippen LogP contribution in [0.15, 0.2) is 29.2 Å². The number of sulfonamides is 1. The van der Waals surface area contributed by atoms with Crippen molar-refractivity contribution < 1.29 is 31.1 Å². The van der Waals surface area contributed by atoms with Gasteiger partial charge in [0.05, 0.1) is 11.4 Å². The molecule has 0 bridgehead atoms. The zero-order valence-corrected chi connectivity index (χ0v) is 14.4. The lowest BCUT2D eigenvalue weighted by Crippen LogP contribution is -2.42. The molecule has 0 aliphatic carbocycles. The Hall–Kier alpha value is -1.56. The van der Waals surface area contributed by atoms with Crippen LogP contribution in [0.2, 0.25) is 0 Å². The third-order valence-electron chi connectivity index (χ3n) is 3.22. The maximum Gasteiger partial charge on any atom is 0.573 e. The number of rotatable bonds is 6. The van der Waals surface area contributed by atoms with Crippen LogP contribution in [0.4, 0.5) is 13.2 Å². The van der Waals surface area contributed by atoms with Crippen molar-refractivity contribution in [3.63, 3.8) is 0 Å². The highest BCUT2D eigenvalue weighted by Gasteiger charge is 2.31. The zero-order chi connectivity index (χ0) is 17.8. The van der Waals surface area contributed by atoms with E-state index < -0.39 is 34.6 Å². The first-order valence-electron chi connectivity index (χ1n) is 7.01. The van der Waals surface area contributed by atoms with E-state index in [-0.39, 0.29) is 23.3 Å². The second kappa shape index (κ2) is 8.70. The van der Waals surface area contributed by atoms with Crippen molar-refractivity contribution in [2.45, 2.75) is 23.7 Å². The SMILES string of the molecule is Cl.O=C(CNS(=O)(=O)c1ccc(OC(F)(F)F)cc1)NC1CCNC1. The van der Waals surface area contributed by atoms with Crippen molar-refractivity contribution in [3.8, 4) is 5.75 Å². The molecule has 1 unspecified atom stereocenters. The Morgan fingerprint density at radius 2 is 1.92 bits per heavy atom. The lowest BCUT2D eigenvalue weighted by Gasteiger charge is -2.12. The van der Waals surface area contributed by atoms with Crippen LogP contribution in [0.3, 0.4) is 0 Å². The molecule has 1 aromatic rings. The molecule has 1 aliphatic heterocycles. The van der Waals surface area contributed by atoms with Crippen LogP contribution in [0.25, 0.3) is 0 Å². The molecule has 0 saturated carbocycles. The Kier molecular flexibility index (Phi) is 7.47. The molecular formula is C13H17ClF3N3O4S. The van der Waals surface area contributed by atoms with Gasteiger partial charge in [0, 0.05) is 12.6 Å². The summed E-state index contributed by atoms with van der Waals surface area (Å²) < 4.78 is 65.9. The molecule has 2 rings (SSSR count). The molecule has 1 fully saturated rings. The van der Waals surface area contributed by atoms with Gasteiger partial charge in [-0.05, 0) is 37.2 Å². The van der Waals surface area contributed by atoms with E-state index in [4.69, 9.17) is 0 Å². The molecule has 7 nitrogen and oxygen atoms in total. The van der Waals surface area contributed by atoms with Crippen molar-refractivity contribution in [2.24, 2.45) is 0 Å². The maximum absolute atomic E-state index is 12.1. The average molecular weight is 404 g/mol. The van der Waals surface area contributed by atoms with Gasteiger partial charge in [0.15, 0.2) is 0 Å². The van der Waals surface area contributed by atoms with Gasteiger partial charge in [-0.25, -0.2) is 13.1 Å². The minimum absolute atomic E-state index is 0. The molecular weight excluding hydrogens is 387 g/mol. The lowest BCUT2D eigenvalue weighted by atomic mass is 10.2. The summed E-state index contributed by atoms with van der Waals surface area (Å²) in [6.45, 7) is 0.946. The Labute approximate surface area is 148 Å². The molecule has 0 radical (unpaired) electrons. The number of ether oxygens (including phenoxy) is 1. The molecule has 1 saturated heterocycles. The maximum atomic E-state index is 12.1. The smallest absolute Gasteiger partial charge is 0.406 e. The number of alkyl halides is 3. The van der Waals surface area contributed by atoms with E-state index in [9.17, 15) is 26.4 Å². The van der Waals surface area contributed by atoms with Crippen LogP contribution in [0.5, 0.6) is 5.75 Å². The molecule has 1 heterocycles. The summed E-state index contributed by atoms with van der Waals surface area (Å²) in [5.41, 5.74) is 0. The lowest BCUT2D eigenvalue weighted by molar-refractivity contribution is -0.274. The van der Waals surface area contributed by atoms with Gasteiger partial charge in [0.2, 0.25) is 15.9 Å². The second-order valence-electron chi connectivity index (χ2n) is 5.10. The summed E-state index contributed by atoms with van der Waals surface area (Å²) in [5, 5.41) is 5.72. The minimum Gasteiger partial charge on any atom is -0.406 e. The summed E-state index contributed by atoms with van der Waals surface area (Å²) >= 11 is 0. The molecule has 3 N–H and O–H groups in total. The number of hydrogen-bond acceptors (Lipinski definition) is 5. The Morgan fingerprint density at radius 1 is 1.28 bits per heavy atom. The van der Waals surface area contributed by atoms with Gasteiger partial charge in [-0.2, -0.15) is 0 Å². The van der Waals surface area contributed by atoms with Crippen LogP contribution >= 0.6 is 12.4 Å². The van der Waals surface area contributed by atoms with Crippen LogP contribution in [0, 0.1) is 0 Å². The van der Waals surface area contributed by atoms with Gasteiger partial charge in [0.1, 0.15) is 5.75 Å². The molecule has 1 atom stereocenters. The standard InChI is InChI=1S/C13H16F3N3O4S.ClH/c14-13(15,16)23-10-1-3-11(4-2-10)24(21,22)18-8-12(20)19-9-5-6-17-7-9;/h1-4,9,17-18H,5-8H2,(H,19,20);1H. The van der Waals surface area contributed by atoms with Gasteiger partial charge < -0.3 is 15.4 Å². The predicted octanol–water partition coefficient (Wildman–Crippen LogP) is 0.763. The van der Waals surface area contributed by atoms with E-state index in [1.807, 2.05) is 0 Å². The fourth-order valence-electron chi connectivity index (χ4n) is 2.12. The number of carbonyl (C=O) groups is 1.